The molecule has 0 radical (unpaired) electrons. The van der Waals surface area contributed by atoms with Crippen molar-refractivity contribution in [2.45, 2.75) is 12.8 Å². The van der Waals surface area contributed by atoms with E-state index in [0.29, 0.717) is 24.5 Å². The molecule has 116 valence electrons. The lowest BCUT2D eigenvalue weighted by Crippen LogP contribution is -2.43. The summed E-state index contributed by atoms with van der Waals surface area (Å²) in [6, 6.07) is 3.32. The fourth-order valence-electron chi connectivity index (χ4n) is 2.66. The minimum absolute atomic E-state index is 0.0788. The number of aryl methyl sites for hydroxylation is 1. The molecule has 0 saturated carbocycles. The Hall–Kier alpha value is -2.57. The smallest absolute Gasteiger partial charge is 0.289 e. The Bertz CT molecular complexity index is 662. The van der Waals surface area contributed by atoms with Crippen molar-refractivity contribution in [2.75, 3.05) is 18.4 Å². The number of hydrogen-bond donors (Lipinski definition) is 1. The molecule has 1 aliphatic heterocycles. The molecule has 0 aliphatic carbocycles. The summed E-state index contributed by atoms with van der Waals surface area (Å²) in [5.41, 5.74) is 0.669. The van der Waals surface area contributed by atoms with E-state index in [1.807, 2.05) is 0 Å². The number of piperidine rings is 1. The number of anilines is 1. The molecule has 0 bridgehead atoms. The molecule has 7 nitrogen and oxygen atoms in total. The Morgan fingerprint density at radius 1 is 1.45 bits per heavy atom. The molecule has 0 aromatic carbocycles. The molecule has 3 heterocycles. The average Bonchev–Trinajstić information content (AvgIpc) is 3.18. The first-order chi connectivity index (χ1) is 10.6. The molecule has 1 aliphatic rings. The predicted molar refractivity (Wildman–Crippen MR) is 79.2 cm³/mol. The zero-order valence-corrected chi connectivity index (χ0v) is 12.4. The van der Waals surface area contributed by atoms with Gasteiger partial charge in [0, 0.05) is 26.3 Å². The maximum atomic E-state index is 12.3. The molecule has 1 saturated heterocycles. The number of furan rings is 1. The normalized spacial score (nSPS) is 18.2. The second-order valence-corrected chi connectivity index (χ2v) is 5.46. The number of amides is 2. The lowest BCUT2D eigenvalue weighted by atomic mass is 9.97. The number of aromatic nitrogens is 2. The van der Waals surface area contributed by atoms with E-state index in [2.05, 4.69) is 10.4 Å². The van der Waals surface area contributed by atoms with Crippen LogP contribution in [0.5, 0.6) is 0 Å². The van der Waals surface area contributed by atoms with Crippen molar-refractivity contribution >= 4 is 17.5 Å². The fourth-order valence-corrected chi connectivity index (χ4v) is 2.66. The Kier molecular flexibility index (Phi) is 3.95. The van der Waals surface area contributed by atoms with E-state index in [-0.39, 0.29) is 17.7 Å². The molecule has 3 rings (SSSR count). The Morgan fingerprint density at radius 3 is 3.00 bits per heavy atom. The monoisotopic (exact) mass is 302 g/mol. The van der Waals surface area contributed by atoms with Crippen LogP contribution < -0.4 is 5.32 Å². The van der Waals surface area contributed by atoms with Crippen LogP contribution >= 0.6 is 0 Å². The first kappa shape index (κ1) is 14.4. The summed E-state index contributed by atoms with van der Waals surface area (Å²) >= 11 is 0. The summed E-state index contributed by atoms with van der Waals surface area (Å²) in [5, 5.41) is 6.86. The van der Waals surface area contributed by atoms with Crippen molar-refractivity contribution < 1.29 is 14.0 Å². The molecule has 22 heavy (non-hydrogen) atoms. The van der Waals surface area contributed by atoms with Gasteiger partial charge in [-0.2, -0.15) is 5.10 Å². The lowest BCUT2D eigenvalue weighted by Gasteiger charge is -2.31. The summed E-state index contributed by atoms with van der Waals surface area (Å²) in [6.45, 7) is 1.06. The third-order valence-corrected chi connectivity index (χ3v) is 3.78. The summed E-state index contributed by atoms with van der Waals surface area (Å²) in [5.74, 6) is -0.144. The van der Waals surface area contributed by atoms with Crippen LogP contribution in [0.15, 0.2) is 35.2 Å². The highest BCUT2D eigenvalue weighted by atomic mass is 16.3. The van der Waals surface area contributed by atoms with Crippen molar-refractivity contribution in [3.05, 3.63) is 36.5 Å². The lowest BCUT2D eigenvalue weighted by molar-refractivity contribution is -0.121. The highest BCUT2D eigenvalue weighted by Gasteiger charge is 2.30. The van der Waals surface area contributed by atoms with Crippen LogP contribution in [0.4, 0.5) is 5.69 Å². The van der Waals surface area contributed by atoms with Crippen molar-refractivity contribution in [3.8, 4) is 0 Å². The quantitative estimate of drug-likeness (QED) is 0.932. The van der Waals surface area contributed by atoms with Gasteiger partial charge in [-0.1, -0.05) is 0 Å². The van der Waals surface area contributed by atoms with E-state index in [1.165, 1.54) is 6.26 Å². The van der Waals surface area contributed by atoms with Crippen molar-refractivity contribution in [1.29, 1.82) is 0 Å². The SMILES string of the molecule is Cn1cc(NC(=O)[C@@H]2CCCN(C(=O)c3ccco3)C2)cn1. The van der Waals surface area contributed by atoms with Crippen LogP contribution in [0.2, 0.25) is 0 Å². The van der Waals surface area contributed by atoms with Gasteiger partial charge in [0.15, 0.2) is 5.76 Å². The van der Waals surface area contributed by atoms with Crippen molar-refractivity contribution in [3.63, 3.8) is 0 Å². The average molecular weight is 302 g/mol. The molecule has 2 aromatic heterocycles. The summed E-state index contributed by atoms with van der Waals surface area (Å²) in [4.78, 5) is 26.3. The summed E-state index contributed by atoms with van der Waals surface area (Å²) in [7, 11) is 1.79. The number of carbonyl (C=O) groups excluding carboxylic acids is 2. The van der Waals surface area contributed by atoms with Crippen LogP contribution in [0.3, 0.4) is 0 Å². The van der Waals surface area contributed by atoms with Gasteiger partial charge in [0.25, 0.3) is 5.91 Å². The minimum atomic E-state index is -0.215. The van der Waals surface area contributed by atoms with Crippen LogP contribution in [-0.2, 0) is 11.8 Å². The van der Waals surface area contributed by atoms with Gasteiger partial charge in [0.1, 0.15) is 0 Å². The maximum Gasteiger partial charge on any atom is 0.289 e. The van der Waals surface area contributed by atoms with Crippen LogP contribution in [-0.4, -0.2) is 39.6 Å². The number of hydrogen-bond acceptors (Lipinski definition) is 4. The fraction of sp³-hybridized carbons (Fsp3) is 0.400. The molecular weight excluding hydrogens is 284 g/mol. The van der Waals surface area contributed by atoms with Gasteiger partial charge in [-0.3, -0.25) is 14.3 Å². The summed E-state index contributed by atoms with van der Waals surface area (Å²) in [6.07, 6.45) is 6.40. The van der Waals surface area contributed by atoms with Crippen molar-refractivity contribution in [2.24, 2.45) is 13.0 Å². The summed E-state index contributed by atoms with van der Waals surface area (Å²) < 4.78 is 6.77. The predicted octanol–water partition coefficient (Wildman–Crippen LogP) is 1.50. The minimum Gasteiger partial charge on any atom is -0.459 e. The third kappa shape index (κ3) is 3.03. The Balaban J connectivity index is 1.62. The molecule has 1 fully saturated rings. The van der Waals surface area contributed by atoms with Crippen molar-refractivity contribution in [1.82, 2.24) is 14.7 Å². The van der Waals surface area contributed by atoms with E-state index in [0.717, 1.165) is 12.8 Å². The second-order valence-electron chi connectivity index (χ2n) is 5.46. The molecule has 2 aromatic rings. The number of rotatable bonds is 3. The number of nitrogens with one attached hydrogen (secondary N) is 1. The first-order valence-electron chi connectivity index (χ1n) is 7.26. The molecule has 7 heteroatoms. The molecular formula is C15H18N4O3. The van der Waals surface area contributed by atoms with E-state index in [9.17, 15) is 9.59 Å². The standard InChI is InChI=1S/C15H18N4O3/c1-18-10-12(8-16-18)17-14(20)11-4-2-6-19(9-11)15(21)13-5-3-7-22-13/h3,5,7-8,10-11H,2,4,6,9H2,1H3,(H,17,20)/t11-/m1/s1. The topological polar surface area (TPSA) is 80.4 Å². The maximum absolute atomic E-state index is 12.3. The Morgan fingerprint density at radius 2 is 2.32 bits per heavy atom. The van der Waals surface area contributed by atoms with E-state index < -0.39 is 0 Å². The molecule has 1 atom stereocenters. The highest BCUT2D eigenvalue weighted by Crippen LogP contribution is 2.20. The van der Waals surface area contributed by atoms with Gasteiger partial charge in [0.05, 0.1) is 24.1 Å². The van der Waals surface area contributed by atoms with Crippen LogP contribution in [0, 0.1) is 5.92 Å². The van der Waals surface area contributed by atoms with Gasteiger partial charge in [-0.25, -0.2) is 0 Å². The zero-order valence-electron chi connectivity index (χ0n) is 12.4. The number of likely N-dealkylation sites (tertiary alicyclic amines) is 1. The molecule has 1 N–H and O–H groups in total. The number of nitrogens with zero attached hydrogens (tertiary/aromatic N) is 3. The Labute approximate surface area is 127 Å². The largest absolute Gasteiger partial charge is 0.459 e. The van der Waals surface area contributed by atoms with Gasteiger partial charge in [-0.05, 0) is 25.0 Å². The first-order valence-corrected chi connectivity index (χ1v) is 7.26. The van der Waals surface area contributed by atoms with Gasteiger partial charge in [-0.15, -0.1) is 0 Å². The van der Waals surface area contributed by atoms with Gasteiger partial charge < -0.3 is 14.6 Å². The molecule has 2 amide bonds. The highest BCUT2D eigenvalue weighted by molar-refractivity contribution is 5.94. The van der Waals surface area contributed by atoms with E-state index in [4.69, 9.17) is 4.42 Å². The third-order valence-electron chi connectivity index (χ3n) is 3.78. The van der Waals surface area contributed by atoms with E-state index in [1.54, 1.807) is 41.2 Å². The van der Waals surface area contributed by atoms with Crippen LogP contribution in [0.1, 0.15) is 23.4 Å². The van der Waals surface area contributed by atoms with Crippen LogP contribution in [0.25, 0.3) is 0 Å². The molecule has 0 spiro atoms. The van der Waals surface area contributed by atoms with Gasteiger partial charge in [0.2, 0.25) is 5.91 Å². The second kappa shape index (κ2) is 6.05. The van der Waals surface area contributed by atoms with Gasteiger partial charge >= 0.3 is 0 Å². The molecule has 0 unspecified atom stereocenters. The zero-order chi connectivity index (χ0) is 15.5. The van der Waals surface area contributed by atoms with E-state index >= 15 is 0 Å². The number of carbonyl (C=O) groups is 2.